The monoisotopic (exact) mass is 423 g/mol. The predicted molar refractivity (Wildman–Crippen MR) is 118 cm³/mol. The van der Waals surface area contributed by atoms with Crippen molar-refractivity contribution in [2.45, 2.75) is 0 Å². The zero-order chi connectivity index (χ0) is 21.8. The quantitative estimate of drug-likeness (QED) is 0.675. The highest BCUT2D eigenvalue weighted by molar-refractivity contribution is 5.91. The van der Waals surface area contributed by atoms with Gasteiger partial charge in [-0.3, -0.25) is 5.32 Å². The minimum absolute atomic E-state index is 0.236. The largest absolute Gasteiger partial charge is 0.497 e. The number of piperazine rings is 1. The molecule has 1 aliphatic rings. The summed E-state index contributed by atoms with van der Waals surface area (Å²) in [5.41, 5.74) is 2.29. The maximum absolute atomic E-state index is 12.9. The number of para-hydroxylation sites is 2. The predicted octanol–water partition coefficient (Wildman–Crippen LogP) is 3.01. The highest BCUT2D eigenvalue weighted by Crippen LogP contribution is 2.29. The van der Waals surface area contributed by atoms with Gasteiger partial charge in [0.1, 0.15) is 11.5 Å². The number of amides is 2. The molecule has 0 spiro atoms. The number of nitrogens with zero attached hydrogens (tertiary/aromatic N) is 4. The molecule has 1 fully saturated rings. The number of rotatable bonds is 5. The van der Waals surface area contributed by atoms with Crippen molar-refractivity contribution < 1.29 is 19.0 Å². The average Bonchev–Trinajstić information content (AvgIpc) is 2.83. The maximum atomic E-state index is 12.9. The first-order chi connectivity index (χ1) is 15.1. The molecule has 0 radical (unpaired) electrons. The van der Waals surface area contributed by atoms with Gasteiger partial charge in [0.2, 0.25) is 0 Å². The molecule has 1 aromatic heterocycles. The number of hydrogen-bond acceptors (Lipinski definition) is 7. The van der Waals surface area contributed by atoms with E-state index in [1.54, 1.807) is 37.3 Å². The number of methoxy groups -OCH3 is 3. The fraction of sp³-hybridized carbons (Fsp3) is 0.318. The van der Waals surface area contributed by atoms with Crippen molar-refractivity contribution in [2.75, 3.05) is 57.7 Å². The van der Waals surface area contributed by atoms with Gasteiger partial charge in [0.25, 0.3) is 5.88 Å². The van der Waals surface area contributed by atoms with Crippen molar-refractivity contribution in [1.82, 2.24) is 14.9 Å². The Bertz CT molecular complexity index is 1080. The van der Waals surface area contributed by atoms with Crippen LogP contribution in [0.3, 0.4) is 0 Å². The fourth-order valence-electron chi connectivity index (χ4n) is 3.59. The van der Waals surface area contributed by atoms with Crippen LogP contribution in [0.5, 0.6) is 17.4 Å². The van der Waals surface area contributed by atoms with Gasteiger partial charge >= 0.3 is 6.03 Å². The van der Waals surface area contributed by atoms with Crippen LogP contribution in [0.4, 0.5) is 16.3 Å². The van der Waals surface area contributed by atoms with Gasteiger partial charge in [-0.1, -0.05) is 12.1 Å². The summed E-state index contributed by atoms with van der Waals surface area (Å²) in [5.74, 6) is 2.04. The van der Waals surface area contributed by atoms with Gasteiger partial charge in [-0.05, 0) is 24.3 Å². The Morgan fingerprint density at radius 2 is 1.68 bits per heavy atom. The van der Waals surface area contributed by atoms with E-state index in [0.717, 1.165) is 11.4 Å². The smallest absolute Gasteiger partial charge is 0.323 e. The lowest BCUT2D eigenvalue weighted by atomic mass is 10.2. The van der Waals surface area contributed by atoms with Gasteiger partial charge in [-0.25, -0.2) is 14.8 Å². The summed E-state index contributed by atoms with van der Waals surface area (Å²) in [6.07, 6.45) is 0. The third-order valence-electron chi connectivity index (χ3n) is 5.25. The molecule has 2 heterocycles. The van der Waals surface area contributed by atoms with Crippen LogP contribution in [0.15, 0.2) is 42.5 Å². The molecule has 1 saturated heterocycles. The van der Waals surface area contributed by atoms with E-state index in [1.807, 2.05) is 24.3 Å². The molecule has 2 amide bonds. The van der Waals surface area contributed by atoms with Crippen molar-refractivity contribution in [3.05, 3.63) is 42.5 Å². The van der Waals surface area contributed by atoms with Gasteiger partial charge in [-0.15, -0.1) is 0 Å². The van der Waals surface area contributed by atoms with Crippen molar-refractivity contribution in [3.8, 4) is 17.4 Å². The number of nitrogens with one attached hydrogen (secondary N) is 1. The second-order valence-corrected chi connectivity index (χ2v) is 7.01. The van der Waals surface area contributed by atoms with Crippen molar-refractivity contribution in [3.63, 3.8) is 0 Å². The number of benzene rings is 2. The third-order valence-corrected chi connectivity index (χ3v) is 5.25. The Balaban J connectivity index is 1.46. The van der Waals surface area contributed by atoms with E-state index in [4.69, 9.17) is 14.2 Å². The molecule has 0 unspecified atom stereocenters. The van der Waals surface area contributed by atoms with Gasteiger partial charge in [0.05, 0.1) is 38.1 Å². The highest BCUT2D eigenvalue weighted by Gasteiger charge is 2.24. The lowest BCUT2D eigenvalue weighted by molar-refractivity contribution is 0.208. The second kappa shape index (κ2) is 8.95. The molecule has 9 heteroatoms. The van der Waals surface area contributed by atoms with Gasteiger partial charge < -0.3 is 24.0 Å². The van der Waals surface area contributed by atoms with Crippen LogP contribution in [0, 0.1) is 0 Å². The van der Waals surface area contributed by atoms with Crippen LogP contribution in [-0.2, 0) is 0 Å². The van der Waals surface area contributed by atoms with E-state index < -0.39 is 0 Å². The zero-order valence-corrected chi connectivity index (χ0v) is 17.8. The molecule has 1 aliphatic heterocycles. The first-order valence-corrected chi connectivity index (χ1v) is 9.96. The fourth-order valence-corrected chi connectivity index (χ4v) is 3.59. The number of carbonyl (C=O) groups is 1. The SMILES string of the molecule is COc1ccc2nc(NC(=O)N3CCN(c4ccccc4OC)CC3)c(OC)nc2c1. The Morgan fingerprint density at radius 3 is 2.39 bits per heavy atom. The topological polar surface area (TPSA) is 89.1 Å². The lowest BCUT2D eigenvalue weighted by Gasteiger charge is -2.36. The molecule has 0 saturated carbocycles. The standard InChI is InChI=1S/C22H25N5O4/c1-29-15-8-9-16-17(14-15)24-21(31-3)20(23-16)25-22(28)27-12-10-26(11-13-27)18-6-4-5-7-19(18)30-2/h4-9,14H,10-13H2,1-3H3,(H,23,25,28). The van der Waals surface area contributed by atoms with Crippen LogP contribution >= 0.6 is 0 Å². The molecule has 0 aliphatic carbocycles. The Hall–Kier alpha value is -3.75. The Morgan fingerprint density at radius 1 is 0.903 bits per heavy atom. The van der Waals surface area contributed by atoms with E-state index in [9.17, 15) is 4.79 Å². The Kier molecular flexibility index (Phi) is 5.92. The summed E-state index contributed by atoms with van der Waals surface area (Å²) >= 11 is 0. The minimum Gasteiger partial charge on any atom is -0.497 e. The molecule has 3 aromatic rings. The number of aromatic nitrogens is 2. The van der Waals surface area contributed by atoms with E-state index in [1.165, 1.54) is 7.11 Å². The number of fused-ring (bicyclic) bond motifs is 1. The summed E-state index contributed by atoms with van der Waals surface area (Å²) in [7, 11) is 4.75. The molecule has 31 heavy (non-hydrogen) atoms. The van der Waals surface area contributed by atoms with E-state index in [-0.39, 0.29) is 17.7 Å². The van der Waals surface area contributed by atoms with E-state index in [0.29, 0.717) is 43.0 Å². The van der Waals surface area contributed by atoms with Crippen molar-refractivity contribution >= 4 is 28.6 Å². The van der Waals surface area contributed by atoms with Crippen LogP contribution < -0.4 is 24.4 Å². The summed E-state index contributed by atoms with van der Waals surface area (Å²) < 4.78 is 16.0. The summed E-state index contributed by atoms with van der Waals surface area (Å²) in [6.45, 7) is 2.55. The van der Waals surface area contributed by atoms with Crippen LogP contribution in [0.1, 0.15) is 0 Å². The first kappa shape index (κ1) is 20.5. The molecule has 4 rings (SSSR count). The minimum atomic E-state index is -0.236. The summed E-state index contributed by atoms with van der Waals surface area (Å²) in [6, 6.07) is 13.0. The zero-order valence-electron chi connectivity index (χ0n) is 17.8. The number of urea groups is 1. The third kappa shape index (κ3) is 4.25. The summed E-state index contributed by atoms with van der Waals surface area (Å²) in [5, 5.41) is 2.84. The summed E-state index contributed by atoms with van der Waals surface area (Å²) in [4.78, 5) is 25.8. The van der Waals surface area contributed by atoms with E-state index in [2.05, 4.69) is 20.2 Å². The first-order valence-electron chi connectivity index (χ1n) is 9.96. The molecular weight excluding hydrogens is 398 g/mol. The van der Waals surface area contributed by atoms with Crippen LogP contribution in [0.2, 0.25) is 0 Å². The molecule has 9 nitrogen and oxygen atoms in total. The van der Waals surface area contributed by atoms with Crippen molar-refractivity contribution in [2.24, 2.45) is 0 Å². The van der Waals surface area contributed by atoms with Crippen LogP contribution in [-0.4, -0.2) is 68.4 Å². The number of anilines is 2. The molecular formula is C22H25N5O4. The van der Waals surface area contributed by atoms with Gasteiger partial charge in [-0.2, -0.15) is 0 Å². The molecule has 0 bridgehead atoms. The highest BCUT2D eigenvalue weighted by atomic mass is 16.5. The number of carbonyl (C=O) groups excluding carboxylic acids is 1. The van der Waals surface area contributed by atoms with Crippen LogP contribution in [0.25, 0.3) is 11.0 Å². The van der Waals surface area contributed by atoms with Gasteiger partial charge in [0, 0.05) is 32.2 Å². The normalized spacial score (nSPS) is 13.8. The maximum Gasteiger partial charge on any atom is 0.323 e. The van der Waals surface area contributed by atoms with Gasteiger partial charge in [0.15, 0.2) is 5.82 Å². The molecule has 0 atom stereocenters. The number of ether oxygens (including phenoxy) is 3. The lowest BCUT2D eigenvalue weighted by Crippen LogP contribution is -2.50. The molecule has 1 N–H and O–H groups in total. The molecule has 162 valence electrons. The van der Waals surface area contributed by atoms with E-state index >= 15 is 0 Å². The van der Waals surface area contributed by atoms with Crippen molar-refractivity contribution in [1.29, 1.82) is 0 Å². The Labute approximate surface area is 180 Å². The molecule has 2 aromatic carbocycles. The number of hydrogen-bond donors (Lipinski definition) is 1. The average molecular weight is 423 g/mol. The second-order valence-electron chi connectivity index (χ2n) is 7.01.